The molecule has 0 radical (unpaired) electrons. The molecule has 2 rings (SSSR count). The Morgan fingerprint density at radius 2 is 2.00 bits per heavy atom. The average molecular weight is 286 g/mol. The molecule has 1 heterocycles. The number of anilines is 1. The van der Waals surface area contributed by atoms with Gasteiger partial charge in [0.25, 0.3) is 11.6 Å². The third-order valence-corrected chi connectivity index (χ3v) is 3.04. The van der Waals surface area contributed by atoms with Crippen molar-refractivity contribution in [3.63, 3.8) is 0 Å². The van der Waals surface area contributed by atoms with E-state index in [1.165, 1.54) is 18.2 Å². The SMILES string of the molecule is CC(NC(=O)c1ccc(N)c([N+](=O)[O-])c1)c1ccncc1. The predicted molar refractivity (Wildman–Crippen MR) is 77.6 cm³/mol. The first kappa shape index (κ1) is 14.4. The summed E-state index contributed by atoms with van der Waals surface area (Å²) in [5.41, 5.74) is 6.33. The summed E-state index contributed by atoms with van der Waals surface area (Å²) in [6.07, 6.45) is 3.26. The maximum absolute atomic E-state index is 12.1. The summed E-state index contributed by atoms with van der Waals surface area (Å²) in [4.78, 5) is 26.2. The van der Waals surface area contributed by atoms with Crippen LogP contribution in [0.2, 0.25) is 0 Å². The number of nitrogens with two attached hydrogens (primary N) is 1. The van der Waals surface area contributed by atoms with Crippen LogP contribution in [-0.2, 0) is 0 Å². The molecule has 0 aliphatic carbocycles. The van der Waals surface area contributed by atoms with Gasteiger partial charge in [0.1, 0.15) is 5.69 Å². The molecule has 1 atom stereocenters. The molecule has 0 aliphatic heterocycles. The molecule has 2 aromatic rings. The van der Waals surface area contributed by atoms with Crippen LogP contribution in [0, 0.1) is 10.1 Å². The minimum Gasteiger partial charge on any atom is -0.393 e. The van der Waals surface area contributed by atoms with Crippen LogP contribution in [0.3, 0.4) is 0 Å². The van der Waals surface area contributed by atoms with Gasteiger partial charge in [-0.25, -0.2) is 0 Å². The van der Waals surface area contributed by atoms with E-state index in [2.05, 4.69) is 10.3 Å². The fourth-order valence-electron chi connectivity index (χ4n) is 1.86. The minimum atomic E-state index is -0.613. The van der Waals surface area contributed by atoms with Gasteiger partial charge in [-0.2, -0.15) is 0 Å². The first-order valence-corrected chi connectivity index (χ1v) is 6.23. The fraction of sp³-hybridized carbons (Fsp3) is 0.143. The van der Waals surface area contributed by atoms with E-state index < -0.39 is 10.8 Å². The van der Waals surface area contributed by atoms with Crippen LogP contribution in [-0.4, -0.2) is 15.8 Å². The van der Waals surface area contributed by atoms with E-state index in [1.54, 1.807) is 24.5 Å². The highest BCUT2D eigenvalue weighted by molar-refractivity contribution is 5.95. The molecule has 0 fully saturated rings. The molecular formula is C14H14N4O3. The van der Waals surface area contributed by atoms with Crippen molar-refractivity contribution in [2.75, 3.05) is 5.73 Å². The van der Waals surface area contributed by atoms with Gasteiger partial charge in [0.15, 0.2) is 0 Å². The maximum atomic E-state index is 12.1. The lowest BCUT2D eigenvalue weighted by molar-refractivity contribution is -0.383. The van der Waals surface area contributed by atoms with E-state index >= 15 is 0 Å². The van der Waals surface area contributed by atoms with Gasteiger partial charge >= 0.3 is 0 Å². The number of rotatable bonds is 4. The Balaban J connectivity index is 2.17. The van der Waals surface area contributed by atoms with Crippen LogP contribution in [0.4, 0.5) is 11.4 Å². The monoisotopic (exact) mass is 286 g/mol. The molecule has 7 nitrogen and oxygen atoms in total. The van der Waals surface area contributed by atoms with E-state index in [9.17, 15) is 14.9 Å². The highest BCUT2D eigenvalue weighted by Crippen LogP contribution is 2.22. The number of nitro groups is 1. The zero-order valence-corrected chi connectivity index (χ0v) is 11.3. The van der Waals surface area contributed by atoms with Crippen molar-refractivity contribution < 1.29 is 9.72 Å². The van der Waals surface area contributed by atoms with Gasteiger partial charge in [-0.05, 0) is 36.8 Å². The van der Waals surface area contributed by atoms with E-state index in [4.69, 9.17) is 5.73 Å². The van der Waals surface area contributed by atoms with Crippen molar-refractivity contribution in [1.82, 2.24) is 10.3 Å². The molecule has 0 spiro atoms. The Morgan fingerprint density at radius 1 is 1.33 bits per heavy atom. The lowest BCUT2D eigenvalue weighted by atomic mass is 10.1. The van der Waals surface area contributed by atoms with Crippen LogP contribution < -0.4 is 11.1 Å². The Hall–Kier alpha value is -2.96. The Kier molecular flexibility index (Phi) is 4.13. The molecule has 1 unspecified atom stereocenters. The lowest BCUT2D eigenvalue weighted by Gasteiger charge is -2.14. The Labute approximate surface area is 121 Å². The molecule has 108 valence electrons. The van der Waals surface area contributed by atoms with Crippen molar-refractivity contribution in [3.8, 4) is 0 Å². The lowest BCUT2D eigenvalue weighted by Crippen LogP contribution is -2.26. The topological polar surface area (TPSA) is 111 Å². The molecule has 0 bridgehead atoms. The van der Waals surface area contributed by atoms with Crippen LogP contribution >= 0.6 is 0 Å². The van der Waals surface area contributed by atoms with Crippen molar-refractivity contribution in [1.29, 1.82) is 0 Å². The summed E-state index contributed by atoms with van der Waals surface area (Å²) < 4.78 is 0. The number of nitrogens with one attached hydrogen (secondary N) is 1. The van der Waals surface area contributed by atoms with Crippen LogP contribution in [0.1, 0.15) is 28.9 Å². The van der Waals surface area contributed by atoms with E-state index in [0.717, 1.165) is 5.56 Å². The summed E-state index contributed by atoms with van der Waals surface area (Å²) >= 11 is 0. The van der Waals surface area contributed by atoms with Gasteiger partial charge < -0.3 is 11.1 Å². The molecule has 21 heavy (non-hydrogen) atoms. The molecule has 3 N–H and O–H groups in total. The van der Waals surface area contributed by atoms with Crippen molar-refractivity contribution in [2.45, 2.75) is 13.0 Å². The van der Waals surface area contributed by atoms with Gasteiger partial charge in [0.05, 0.1) is 11.0 Å². The third kappa shape index (κ3) is 3.33. The molecule has 1 aromatic heterocycles. The number of aromatic nitrogens is 1. The van der Waals surface area contributed by atoms with E-state index in [1.807, 2.05) is 6.92 Å². The Bertz CT molecular complexity index is 673. The van der Waals surface area contributed by atoms with Crippen LogP contribution in [0.25, 0.3) is 0 Å². The molecule has 0 aliphatic rings. The minimum absolute atomic E-state index is 0.0266. The molecule has 0 saturated heterocycles. The van der Waals surface area contributed by atoms with Gasteiger partial charge in [-0.15, -0.1) is 0 Å². The van der Waals surface area contributed by atoms with Gasteiger partial charge in [-0.1, -0.05) is 0 Å². The second-order valence-electron chi connectivity index (χ2n) is 4.51. The third-order valence-electron chi connectivity index (χ3n) is 3.04. The summed E-state index contributed by atoms with van der Waals surface area (Å²) in [7, 11) is 0. The van der Waals surface area contributed by atoms with Crippen molar-refractivity contribution in [3.05, 3.63) is 64.0 Å². The highest BCUT2D eigenvalue weighted by Gasteiger charge is 2.17. The molecular weight excluding hydrogens is 272 g/mol. The molecule has 1 aromatic carbocycles. The van der Waals surface area contributed by atoms with E-state index in [0.29, 0.717) is 0 Å². The van der Waals surface area contributed by atoms with Crippen LogP contribution in [0.15, 0.2) is 42.7 Å². The van der Waals surface area contributed by atoms with Crippen molar-refractivity contribution >= 4 is 17.3 Å². The number of hydrogen-bond donors (Lipinski definition) is 2. The van der Waals surface area contributed by atoms with Crippen LogP contribution in [0.5, 0.6) is 0 Å². The zero-order chi connectivity index (χ0) is 15.4. The summed E-state index contributed by atoms with van der Waals surface area (Å²) in [5, 5.41) is 13.6. The summed E-state index contributed by atoms with van der Waals surface area (Å²) in [6.45, 7) is 1.82. The number of carbonyl (C=O) groups excluding carboxylic acids is 1. The van der Waals surface area contributed by atoms with E-state index in [-0.39, 0.29) is 23.0 Å². The standard InChI is InChI=1S/C14H14N4O3/c1-9(10-4-6-16-7-5-10)17-14(19)11-2-3-12(15)13(8-11)18(20)21/h2-9H,15H2,1H3,(H,17,19). The van der Waals surface area contributed by atoms with Crippen molar-refractivity contribution in [2.24, 2.45) is 0 Å². The fourth-order valence-corrected chi connectivity index (χ4v) is 1.86. The normalized spacial score (nSPS) is 11.7. The largest absolute Gasteiger partial charge is 0.393 e. The average Bonchev–Trinajstić information content (AvgIpc) is 2.48. The second-order valence-corrected chi connectivity index (χ2v) is 4.51. The van der Waals surface area contributed by atoms with Gasteiger partial charge in [-0.3, -0.25) is 19.9 Å². The number of carbonyl (C=O) groups is 1. The molecule has 1 amide bonds. The molecule has 7 heteroatoms. The number of amides is 1. The maximum Gasteiger partial charge on any atom is 0.292 e. The Morgan fingerprint density at radius 3 is 2.62 bits per heavy atom. The summed E-state index contributed by atoms with van der Waals surface area (Å²) in [5.74, 6) is -0.401. The summed E-state index contributed by atoms with van der Waals surface area (Å²) in [6, 6.07) is 7.31. The number of hydrogen-bond acceptors (Lipinski definition) is 5. The smallest absolute Gasteiger partial charge is 0.292 e. The molecule has 0 saturated carbocycles. The number of nitrogens with zero attached hydrogens (tertiary/aromatic N) is 2. The quantitative estimate of drug-likeness (QED) is 0.507. The predicted octanol–water partition coefficient (Wildman–Crippen LogP) is 2.06. The highest BCUT2D eigenvalue weighted by atomic mass is 16.6. The zero-order valence-electron chi connectivity index (χ0n) is 11.3. The second kappa shape index (κ2) is 6.00. The first-order chi connectivity index (χ1) is 9.99. The number of nitro benzene ring substituents is 1. The van der Waals surface area contributed by atoms with Gasteiger partial charge in [0, 0.05) is 24.0 Å². The number of benzene rings is 1. The number of nitrogen functional groups attached to an aromatic ring is 1. The van der Waals surface area contributed by atoms with Gasteiger partial charge in [0.2, 0.25) is 0 Å². The number of pyridine rings is 1. The first-order valence-electron chi connectivity index (χ1n) is 6.23.